The van der Waals surface area contributed by atoms with Crippen molar-refractivity contribution in [3.63, 3.8) is 0 Å². The van der Waals surface area contributed by atoms with Crippen LogP contribution in [0.4, 0.5) is 5.69 Å². The van der Waals surface area contributed by atoms with Crippen molar-refractivity contribution in [1.82, 2.24) is 0 Å². The van der Waals surface area contributed by atoms with Crippen LogP contribution in [0.25, 0.3) is 0 Å². The lowest BCUT2D eigenvalue weighted by Gasteiger charge is -2.21. The number of anilines is 1. The van der Waals surface area contributed by atoms with Crippen LogP contribution >= 0.6 is 15.9 Å². The van der Waals surface area contributed by atoms with Crippen LogP contribution in [0.5, 0.6) is 0 Å². The Morgan fingerprint density at radius 1 is 1.27 bits per heavy atom. The van der Waals surface area contributed by atoms with Crippen molar-refractivity contribution in [2.24, 2.45) is 0 Å². The van der Waals surface area contributed by atoms with Gasteiger partial charge in [0.05, 0.1) is 12.1 Å². The Hall–Kier alpha value is -2.14. The van der Waals surface area contributed by atoms with E-state index in [1.54, 1.807) is 12.1 Å². The molecule has 0 amide bonds. The molecule has 2 aromatic carbocycles. The van der Waals surface area contributed by atoms with E-state index in [1.165, 1.54) is 0 Å². The number of rotatable bonds is 2. The zero-order valence-electron chi connectivity index (χ0n) is 12.0. The molecule has 0 fully saturated rings. The van der Waals surface area contributed by atoms with Crippen molar-refractivity contribution in [3.05, 3.63) is 63.1 Å². The molecule has 0 radical (unpaired) electrons. The SMILES string of the molecule is CN1Cc2ccccc2C(=O)c2cc(CC(=O)O)cc(Br)c21. The number of carbonyl (C=O) groups is 2. The molecule has 4 nitrogen and oxygen atoms in total. The Balaban J connectivity index is 2.21. The summed E-state index contributed by atoms with van der Waals surface area (Å²) in [5.74, 6) is -0.982. The van der Waals surface area contributed by atoms with E-state index < -0.39 is 5.97 Å². The van der Waals surface area contributed by atoms with Gasteiger partial charge in [0.2, 0.25) is 0 Å². The largest absolute Gasteiger partial charge is 0.481 e. The lowest BCUT2D eigenvalue weighted by atomic mass is 9.97. The first kappa shape index (κ1) is 14.8. The molecular formula is C17H14BrNO3. The number of nitrogens with zero attached hydrogens (tertiary/aromatic N) is 1. The van der Waals surface area contributed by atoms with E-state index in [0.717, 1.165) is 15.7 Å². The summed E-state index contributed by atoms with van der Waals surface area (Å²) in [6.45, 7) is 0.631. The summed E-state index contributed by atoms with van der Waals surface area (Å²) in [5.41, 5.74) is 3.60. The van der Waals surface area contributed by atoms with Crippen molar-refractivity contribution in [2.75, 3.05) is 11.9 Å². The van der Waals surface area contributed by atoms with Gasteiger partial charge < -0.3 is 10.0 Å². The van der Waals surface area contributed by atoms with E-state index in [0.29, 0.717) is 23.2 Å². The highest BCUT2D eigenvalue weighted by atomic mass is 79.9. The average Bonchev–Trinajstić information content (AvgIpc) is 2.55. The van der Waals surface area contributed by atoms with Crippen LogP contribution in [0.15, 0.2) is 40.9 Å². The predicted molar refractivity (Wildman–Crippen MR) is 87.5 cm³/mol. The molecule has 1 aliphatic heterocycles. The van der Waals surface area contributed by atoms with Crippen molar-refractivity contribution in [3.8, 4) is 0 Å². The molecule has 0 unspecified atom stereocenters. The number of halogens is 1. The zero-order valence-corrected chi connectivity index (χ0v) is 13.6. The van der Waals surface area contributed by atoms with Crippen molar-refractivity contribution < 1.29 is 14.7 Å². The molecule has 0 atom stereocenters. The summed E-state index contributed by atoms with van der Waals surface area (Å²) in [6.07, 6.45) is -0.107. The number of hydrogen-bond acceptors (Lipinski definition) is 3. The molecule has 0 saturated carbocycles. The van der Waals surface area contributed by atoms with Gasteiger partial charge in [0.15, 0.2) is 5.78 Å². The summed E-state index contributed by atoms with van der Waals surface area (Å²) in [4.78, 5) is 25.8. The summed E-state index contributed by atoms with van der Waals surface area (Å²) in [6, 6.07) is 11.0. The molecule has 0 aromatic heterocycles. The molecule has 0 saturated heterocycles. The van der Waals surface area contributed by atoms with Gasteiger partial charge in [-0.15, -0.1) is 0 Å². The number of carbonyl (C=O) groups excluding carboxylic acids is 1. The monoisotopic (exact) mass is 359 g/mol. The second kappa shape index (κ2) is 5.57. The highest BCUT2D eigenvalue weighted by molar-refractivity contribution is 9.10. The number of aliphatic carboxylic acids is 1. The fourth-order valence-corrected chi connectivity index (χ4v) is 3.66. The van der Waals surface area contributed by atoms with Crippen LogP contribution in [0, 0.1) is 0 Å². The van der Waals surface area contributed by atoms with E-state index in [1.807, 2.05) is 36.2 Å². The van der Waals surface area contributed by atoms with Gasteiger partial charge in [0.1, 0.15) is 0 Å². The fourth-order valence-electron chi connectivity index (χ4n) is 2.85. The van der Waals surface area contributed by atoms with Crippen LogP contribution in [-0.4, -0.2) is 23.9 Å². The molecule has 1 N–H and O–H groups in total. The third-order valence-corrected chi connectivity index (χ3v) is 4.38. The van der Waals surface area contributed by atoms with Crippen molar-refractivity contribution in [2.45, 2.75) is 13.0 Å². The number of benzene rings is 2. The first-order valence-corrected chi connectivity index (χ1v) is 7.64. The quantitative estimate of drug-likeness (QED) is 0.893. The minimum atomic E-state index is -0.915. The smallest absolute Gasteiger partial charge is 0.307 e. The van der Waals surface area contributed by atoms with Gasteiger partial charge in [-0.25, -0.2) is 0 Å². The van der Waals surface area contributed by atoms with E-state index in [-0.39, 0.29) is 12.2 Å². The highest BCUT2D eigenvalue weighted by Gasteiger charge is 2.26. The Labute approximate surface area is 136 Å². The van der Waals surface area contributed by atoms with Gasteiger partial charge in [0, 0.05) is 29.2 Å². The maximum atomic E-state index is 12.9. The third-order valence-electron chi connectivity index (χ3n) is 3.77. The predicted octanol–water partition coefficient (Wildman–Crippen LogP) is 3.26. The third kappa shape index (κ3) is 2.52. The molecule has 1 heterocycles. The molecule has 22 heavy (non-hydrogen) atoms. The summed E-state index contributed by atoms with van der Waals surface area (Å²) in [7, 11) is 1.93. The Bertz CT molecular complexity index is 785. The Morgan fingerprint density at radius 2 is 2.00 bits per heavy atom. The zero-order chi connectivity index (χ0) is 15.9. The molecule has 1 aliphatic rings. The number of carboxylic acid groups (broad SMARTS) is 1. The lowest BCUT2D eigenvalue weighted by molar-refractivity contribution is -0.136. The molecule has 0 bridgehead atoms. The molecule has 3 rings (SSSR count). The minimum Gasteiger partial charge on any atom is -0.481 e. The first-order valence-electron chi connectivity index (χ1n) is 6.85. The van der Waals surface area contributed by atoms with Gasteiger partial charge in [-0.3, -0.25) is 9.59 Å². The number of hydrogen-bond donors (Lipinski definition) is 1. The topological polar surface area (TPSA) is 57.6 Å². The van der Waals surface area contributed by atoms with Gasteiger partial charge in [0.25, 0.3) is 0 Å². The fraction of sp³-hybridized carbons (Fsp3) is 0.176. The van der Waals surface area contributed by atoms with E-state index in [9.17, 15) is 9.59 Å². The lowest BCUT2D eigenvalue weighted by Crippen LogP contribution is -2.17. The summed E-state index contributed by atoms with van der Waals surface area (Å²) >= 11 is 3.48. The Kier molecular flexibility index (Phi) is 3.74. The summed E-state index contributed by atoms with van der Waals surface area (Å²) < 4.78 is 0.741. The molecule has 0 spiro atoms. The van der Waals surface area contributed by atoms with Crippen molar-refractivity contribution in [1.29, 1.82) is 0 Å². The molecule has 2 aromatic rings. The van der Waals surface area contributed by atoms with Crippen LogP contribution in [0.3, 0.4) is 0 Å². The standard InChI is InChI=1S/C17H14BrNO3/c1-19-9-11-4-2-3-5-12(11)17(22)13-6-10(8-15(20)21)7-14(18)16(13)19/h2-7H,8-9H2,1H3,(H,20,21). The number of carboxylic acids is 1. The van der Waals surface area contributed by atoms with Gasteiger partial charge in [-0.1, -0.05) is 24.3 Å². The van der Waals surface area contributed by atoms with Crippen LogP contribution in [0.2, 0.25) is 0 Å². The van der Waals surface area contributed by atoms with Crippen molar-refractivity contribution >= 4 is 33.4 Å². The van der Waals surface area contributed by atoms with Crippen LogP contribution in [-0.2, 0) is 17.8 Å². The van der Waals surface area contributed by atoms with Crippen LogP contribution < -0.4 is 4.90 Å². The van der Waals surface area contributed by atoms with E-state index >= 15 is 0 Å². The van der Waals surface area contributed by atoms with E-state index in [2.05, 4.69) is 15.9 Å². The normalized spacial score (nSPS) is 13.4. The average molecular weight is 360 g/mol. The van der Waals surface area contributed by atoms with Gasteiger partial charge in [-0.2, -0.15) is 0 Å². The van der Waals surface area contributed by atoms with Crippen LogP contribution in [0.1, 0.15) is 27.0 Å². The van der Waals surface area contributed by atoms with Gasteiger partial charge in [-0.05, 0) is 39.2 Å². The maximum Gasteiger partial charge on any atom is 0.307 e. The molecule has 0 aliphatic carbocycles. The minimum absolute atomic E-state index is 0.0668. The second-order valence-electron chi connectivity index (χ2n) is 5.39. The maximum absolute atomic E-state index is 12.9. The highest BCUT2D eigenvalue weighted by Crippen LogP contribution is 2.36. The number of fused-ring (bicyclic) bond motifs is 2. The molecule has 112 valence electrons. The number of ketones is 1. The van der Waals surface area contributed by atoms with Gasteiger partial charge >= 0.3 is 5.97 Å². The first-order chi connectivity index (χ1) is 10.5. The second-order valence-corrected chi connectivity index (χ2v) is 6.24. The van der Waals surface area contributed by atoms with E-state index in [4.69, 9.17) is 5.11 Å². The Morgan fingerprint density at radius 3 is 2.73 bits per heavy atom. The summed E-state index contributed by atoms with van der Waals surface area (Å²) in [5, 5.41) is 8.98. The molecular weight excluding hydrogens is 346 g/mol. The molecule has 5 heteroatoms.